The lowest BCUT2D eigenvalue weighted by Gasteiger charge is -2.14. The van der Waals surface area contributed by atoms with Crippen molar-refractivity contribution in [2.75, 3.05) is 7.05 Å². The predicted octanol–water partition coefficient (Wildman–Crippen LogP) is 5.18. The molecule has 4 nitrogen and oxygen atoms in total. The number of fused-ring (bicyclic) bond motifs is 1. The lowest BCUT2D eigenvalue weighted by Crippen LogP contribution is -2.27. The zero-order valence-electron chi connectivity index (χ0n) is 15.9. The first-order valence-electron chi connectivity index (χ1n) is 9.24. The molecular weight excluding hydrogens is 386 g/mol. The molecule has 0 bridgehead atoms. The van der Waals surface area contributed by atoms with Crippen LogP contribution in [0.3, 0.4) is 0 Å². The van der Waals surface area contributed by atoms with Gasteiger partial charge in [-0.2, -0.15) is 0 Å². The molecule has 2 heterocycles. The van der Waals surface area contributed by atoms with Gasteiger partial charge >= 0.3 is 0 Å². The Balaban J connectivity index is 1.40. The third kappa shape index (κ3) is 4.13. The summed E-state index contributed by atoms with van der Waals surface area (Å²) in [5, 5.41) is 3.89. The first-order chi connectivity index (χ1) is 13.6. The minimum atomic E-state index is 0.0532. The zero-order valence-corrected chi connectivity index (χ0v) is 17.5. The van der Waals surface area contributed by atoms with Gasteiger partial charge in [-0.1, -0.05) is 43.3 Å². The number of aromatic nitrogens is 2. The summed E-state index contributed by atoms with van der Waals surface area (Å²) in [6.45, 7) is 2.67. The van der Waals surface area contributed by atoms with E-state index in [0.717, 1.165) is 37.9 Å². The number of aryl methyl sites for hydroxylation is 1. The van der Waals surface area contributed by atoms with Gasteiger partial charge in [-0.15, -0.1) is 22.7 Å². The average molecular weight is 408 g/mol. The maximum atomic E-state index is 12.6. The highest BCUT2D eigenvalue weighted by atomic mass is 32.1. The molecule has 4 rings (SSSR count). The van der Waals surface area contributed by atoms with Crippen molar-refractivity contribution in [1.82, 2.24) is 14.9 Å². The molecule has 1 amide bonds. The molecule has 0 unspecified atom stereocenters. The molecular formula is C22H21N3OS2. The molecule has 0 atom stereocenters. The van der Waals surface area contributed by atoms with Crippen LogP contribution in [-0.2, 0) is 24.2 Å². The summed E-state index contributed by atoms with van der Waals surface area (Å²) in [5.41, 5.74) is 4.22. The molecule has 2 aromatic heterocycles. The van der Waals surface area contributed by atoms with Crippen LogP contribution >= 0.6 is 22.7 Å². The van der Waals surface area contributed by atoms with E-state index >= 15 is 0 Å². The SMILES string of the molecule is CCc1ccc(-c2nc(CC(=O)N(C)Cc3nc4ccccc4s3)cs2)cc1. The van der Waals surface area contributed by atoms with Gasteiger partial charge < -0.3 is 4.90 Å². The van der Waals surface area contributed by atoms with Gasteiger partial charge in [0.05, 0.1) is 28.9 Å². The Morgan fingerprint density at radius 3 is 2.61 bits per heavy atom. The van der Waals surface area contributed by atoms with E-state index in [1.807, 2.05) is 30.6 Å². The van der Waals surface area contributed by atoms with Gasteiger partial charge in [0.2, 0.25) is 5.91 Å². The van der Waals surface area contributed by atoms with Crippen LogP contribution in [0.2, 0.25) is 0 Å². The van der Waals surface area contributed by atoms with Crippen molar-refractivity contribution in [3.8, 4) is 10.6 Å². The van der Waals surface area contributed by atoms with Gasteiger partial charge in [0.25, 0.3) is 0 Å². The molecule has 6 heteroatoms. The van der Waals surface area contributed by atoms with E-state index in [4.69, 9.17) is 0 Å². The number of rotatable bonds is 6. The lowest BCUT2D eigenvalue weighted by molar-refractivity contribution is -0.129. The van der Waals surface area contributed by atoms with Crippen molar-refractivity contribution >= 4 is 38.8 Å². The topological polar surface area (TPSA) is 46.1 Å². The van der Waals surface area contributed by atoms with Crippen LogP contribution in [0.1, 0.15) is 23.2 Å². The summed E-state index contributed by atoms with van der Waals surface area (Å²) < 4.78 is 1.15. The Morgan fingerprint density at radius 2 is 1.86 bits per heavy atom. The fourth-order valence-electron chi connectivity index (χ4n) is 2.97. The largest absolute Gasteiger partial charge is 0.339 e. The number of thiazole rings is 2. The van der Waals surface area contributed by atoms with Crippen molar-refractivity contribution in [2.45, 2.75) is 26.3 Å². The van der Waals surface area contributed by atoms with Crippen molar-refractivity contribution in [3.05, 3.63) is 70.2 Å². The highest BCUT2D eigenvalue weighted by Gasteiger charge is 2.15. The second kappa shape index (κ2) is 8.20. The highest BCUT2D eigenvalue weighted by Crippen LogP contribution is 2.25. The van der Waals surface area contributed by atoms with Gasteiger partial charge in [0, 0.05) is 18.0 Å². The van der Waals surface area contributed by atoms with Crippen molar-refractivity contribution in [3.63, 3.8) is 0 Å². The molecule has 0 spiro atoms. The monoisotopic (exact) mass is 407 g/mol. The summed E-state index contributed by atoms with van der Waals surface area (Å²) >= 11 is 3.22. The molecule has 0 radical (unpaired) electrons. The van der Waals surface area contributed by atoms with Crippen molar-refractivity contribution < 1.29 is 4.79 Å². The molecule has 4 aromatic rings. The van der Waals surface area contributed by atoms with Gasteiger partial charge in [0.15, 0.2) is 0 Å². The van der Waals surface area contributed by atoms with E-state index in [2.05, 4.69) is 47.2 Å². The van der Waals surface area contributed by atoms with E-state index in [9.17, 15) is 4.79 Å². The molecule has 0 aliphatic carbocycles. The molecule has 0 N–H and O–H groups in total. The summed E-state index contributed by atoms with van der Waals surface area (Å²) in [5.74, 6) is 0.0532. The number of hydrogen-bond acceptors (Lipinski definition) is 5. The molecule has 2 aromatic carbocycles. The number of nitrogens with zero attached hydrogens (tertiary/aromatic N) is 3. The molecule has 0 aliphatic heterocycles. The Kier molecular flexibility index (Phi) is 5.50. The van der Waals surface area contributed by atoms with E-state index in [0.29, 0.717) is 13.0 Å². The maximum Gasteiger partial charge on any atom is 0.228 e. The van der Waals surface area contributed by atoms with Crippen LogP contribution in [0.25, 0.3) is 20.8 Å². The van der Waals surface area contributed by atoms with Crippen LogP contribution in [0.15, 0.2) is 53.9 Å². The molecule has 28 heavy (non-hydrogen) atoms. The number of para-hydroxylation sites is 1. The van der Waals surface area contributed by atoms with E-state index < -0.39 is 0 Å². The normalized spacial score (nSPS) is 11.1. The number of amides is 1. The number of benzene rings is 2. The Bertz CT molecular complexity index is 1070. The van der Waals surface area contributed by atoms with E-state index in [1.165, 1.54) is 5.56 Å². The Morgan fingerprint density at radius 1 is 1.07 bits per heavy atom. The van der Waals surface area contributed by atoms with Crippen molar-refractivity contribution in [1.29, 1.82) is 0 Å². The Labute approximate surface area is 172 Å². The lowest BCUT2D eigenvalue weighted by atomic mass is 10.1. The van der Waals surface area contributed by atoms with Crippen molar-refractivity contribution in [2.24, 2.45) is 0 Å². The number of likely N-dealkylation sites (N-methyl/N-ethyl adjacent to an activating group) is 1. The van der Waals surface area contributed by atoms with Crippen LogP contribution in [-0.4, -0.2) is 27.8 Å². The fourth-order valence-corrected chi connectivity index (χ4v) is 4.82. The minimum absolute atomic E-state index is 0.0532. The number of carbonyl (C=O) groups is 1. The first-order valence-corrected chi connectivity index (χ1v) is 10.9. The predicted molar refractivity (Wildman–Crippen MR) is 117 cm³/mol. The van der Waals surface area contributed by atoms with E-state index in [1.54, 1.807) is 27.6 Å². The summed E-state index contributed by atoms with van der Waals surface area (Å²) in [6, 6.07) is 16.5. The smallest absolute Gasteiger partial charge is 0.228 e. The van der Waals surface area contributed by atoms with Crippen LogP contribution in [0, 0.1) is 0 Å². The Hall–Kier alpha value is -2.57. The molecule has 0 saturated carbocycles. The highest BCUT2D eigenvalue weighted by molar-refractivity contribution is 7.18. The average Bonchev–Trinajstić information content (AvgIpc) is 3.34. The van der Waals surface area contributed by atoms with Crippen LogP contribution in [0.5, 0.6) is 0 Å². The third-order valence-electron chi connectivity index (χ3n) is 4.63. The van der Waals surface area contributed by atoms with E-state index in [-0.39, 0.29) is 5.91 Å². The summed E-state index contributed by atoms with van der Waals surface area (Å²) in [7, 11) is 1.82. The first kappa shape index (κ1) is 18.8. The number of carbonyl (C=O) groups excluding carboxylic acids is 1. The summed E-state index contributed by atoms with van der Waals surface area (Å²) in [4.78, 5) is 23.6. The fraction of sp³-hybridized carbons (Fsp3) is 0.227. The third-order valence-corrected chi connectivity index (χ3v) is 6.59. The number of hydrogen-bond donors (Lipinski definition) is 0. The molecule has 142 valence electrons. The van der Waals surface area contributed by atoms with Gasteiger partial charge in [-0.05, 0) is 24.1 Å². The van der Waals surface area contributed by atoms with Gasteiger partial charge in [-0.25, -0.2) is 9.97 Å². The van der Waals surface area contributed by atoms with Gasteiger partial charge in [0.1, 0.15) is 10.0 Å². The second-order valence-electron chi connectivity index (χ2n) is 6.70. The molecule has 0 saturated heterocycles. The minimum Gasteiger partial charge on any atom is -0.339 e. The zero-order chi connectivity index (χ0) is 19.5. The quantitative estimate of drug-likeness (QED) is 0.442. The molecule has 0 fully saturated rings. The molecule has 0 aliphatic rings. The van der Waals surface area contributed by atoms with Crippen LogP contribution < -0.4 is 0 Å². The standard InChI is InChI=1S/C22H21N3OS2/c1-3-15-8-10-16(11-9-15)22-23-17(14-27-22)12-21(26)25(2)13-20-24-18-6-4-5-7-19(18)28-20/h4-11,14H,3,12-13H2,1-2H3. The summed E-state index contributed by atoms with van der Waals surface area (Å²) in [6.07, 6.45) is 1.34. The van der Waals surface area contributed by atoms with Gasteiger partial charge in [-0.3, -0.25) is 4.79 Å². The maximum absolute atomic E-state index is 12.6. The van der Waals surface area contributed by atoms with Crippen LogP contribution in [0.4, 0.5) is 0 Å². The second-order valence-corrected chi connectivity index (χ2v) is 8.67.